The number of ether oxygens (including phenoxy) is 1. The third-order valence-corrected chi connectivity index (χ3v) is 8.50. The Bertz CT molecular complexity index is 1500. The number of rotatable bonds is 12. The third kappa shape index (κ3) is 7.74. The Morgan fingerprint density at radius 3 is 2.29 bits per heavy atom. The highest BCUT2D eigenvalue weighted by molar-refractivity contribution is 7.92. The van der Waals surface area contributed by atoms with Crippen LogP contribution in [0.1, 0.15) is 31.4 Å². The topological polar surface area (TPSA) is 96.0 Å². The summed E-state index contributed by atoms with van der Waals surface area (Å²) < 4.78 is 74.7. The van der Waals surface area contributed by atoms with E-state index in [-0.39, 0.29) is 24.4 Å². The van der Waals surface area contributed by atoms with Gasteiger partial charge < -0.3 is 15.0 Å². The lowest BCUT2D eigenvalue weighted by molar-refractivity contribution is -0.140. The molecular formula is C29H31ClF3N3O5S. The summed E-state index contributed by atoms with van der Waals surface area (Å²) in [6.07, 6.45) is -4.70. The number of nitrogens with zero attached hydrogens (tertiary/aromatic N) is 2. The summed E-state index contributed by atoms with van der Waals surface area (Å²) in [5, 5.41) is 2.05. The second-order valence-electron chi connectivity index (χ2n) is 9.18. The zero-order chi connectivity index (χ0) is 31.1. The fourth-order valence-corrected chi connectivity index (χ4v) is 5.96. The maximum atomic E-state index is 14.0. The SMILES string of the molecule is CCNC(=O)C(CC)N(Cc1cccc(OC)c1)C(=O)CN(c1ccc(Cl)c(C(F)(F)F)c1)S(=O)(=O)c1ccccc1. The number of hydrogen-bond donors (Lipinski definition) is 1. The molecule has 0 heterocycles. The number of sulfonamides is 1. The number of likely N-dealkylation sites (N-methyl/N-ethyl adjacent to an activating group) is 1. The molecule has 0 aromatic heterocycles. The molecule has 1 unspecified atom stereocenters. The molecule has 42 heavy (non-hydrogen) atoms. The van der Waals surface area contributed by atoms with Gasteiger partial charge in [-0.1, -0.05) is 48.9 Å². The smallest absolute Gasteiger partial charge is 0.417 e. The normalized spacial score (nSPS) is 12.4. The van der Waals surface area contributed by atoms with Gasteiger partial charge in [0.05, 0.1) is 28.3 Å². The molecule has 2 amide bonds. The van der Waals surface area contributed by atoms with E-state index >= 15 is 0 Å². The molecule has 226 valence electrons. The maximum Gasteiger partial charge on any atom is 0.417 e. The molecule has 0 aliphatic rings. The highest BCUT2D eigenvalue weighted by atomic mass is 35.5. The predicted octanol–water partition coefficient (Wildman–Crippen LogP) is 5.51. The minimum atomic E-state index is -4.89. The fraction of sp³-hybridized carbons (Fsp3) is 0.310. The van der Waals surface area contributed by atoms with E-state index in [0.29, 0.717) is 21.7 Å². The molecule has 0 saturated heterocycles. The molecule has 3 rings (SSSR count). The van der Waals surface area contributed by atoms with Gasteiger partial charge >= 0.3 is 6.18 Å². The van der Waals surface area contributed by atoms with Crippen molar-refractivity contribution in [2.75, 3.05) is 24.5 Å². The van der Waals surface area contributed by atoms with E-state index in [9.17, 15) is 31.2 Å². The Labute approximate surface area is 248 Å². The highest BCUT2D eigenvalue weighted by Gasteiger charge is 2.37. The van der Waals surface area contributed by atoms with Crippen molar-refractivity contribution >= 4 is 39.1 Å². The Kier molecular flexibility index (Phi) is 10.9. The van der Waals surface area contributed by atoms with E-state index in [4.69, 9.17) is 16.3 Å². The maximum absolute atomic E-state index is 14.0. The number of halogens is 4. The van der Waals surface area contributed by atoms with Crippen molar-refractivity contribution in [1.82, 2.24) is 10.2 Å². The van der Waals surface area contributed by atoms with Crippen molar-refractivity contribution < 1.29 is 35.9 Å². The van der Waals surface area contributed by atoms with Crippen molar-refractivity contribution in [3.63, 3.8) is 0 Å². The first-order chi connectivity index (χ1) is 19.8. The number of amides is 2. The van der Waals surface area contributed by atoms with Crippen LogP contribution >= 0.6 is 11.6 Å². The number of nitrogens with one attached hydrogen (secondary N) is 1. The summed E-state index contributed by atoms with van der Waals surface area (Å²) in [5.41, 5.74) is -1.09. The van der Waals surface area contributed by atoms with Gasteiger partial charge in [-0.05, 0) is 61.4 Å². The molecule has 3 aromatic carbocycles. The van der Waals surface area contributed by atoms with Crippen LogP contribution < -0.4 is 14.4 Å². The Balaban J connectivity index is 2.14. The van der Waals surface area contributed by atoms with E-state index < -0.39 is 56.9 Å². The molecular weight excluding hydrogens is 595 g/mol. The molecule has 0 spiro atoms. The van der Waals surface area contributed by atoms with Gasteiger partial charge in [-0.2, -0.15) is 13.2 Å². The molecule has 0 aliphatic carbocycles. The molecule has 0 bridgehead atoms. The minimum absolute atomic E-state index is 0.0979. The Morgan fingerprint density at radius 1 is 1.00 bits per heavy atom. The molecule has 8 nitrogen and oxygen atoms in total. The molecule has 0 fully saturated rings. The molecule has 1 atom stereocenters. The monoisotopic (exact) mass is 625 g/mol. The van der Waals surface area contributed by atoms with E-state index in [2.05, 4.69) is 5.32 Å². The molecule has 13 heteroatoms. The van der Waals surface area contributed by atoms with Crippen molar-refractivity contribution in [3.05, 3.63) is 88.9 Å². The number of anilines is 1. The number of hydrogen-bond acceptors (Lipinski definition) is 5. The van der Waals surface area contributed by atoms with Crippen LogP contribution in [0.25, 0.3) is 0 Å². The lowest BCUT2D eigenvalue weighted by Crippen LogP contribution is -2.52. The Hall–Kier alpha value is -3.77. The van der Waals surface area contributed by atoms with Gasteiger partial charge in [0, 0.05) is 13.1 Å². The van der Waals surface area contributed by atoms with Crippen molar-refractivity contribution in [2.24, 2.45) is 0 Å². The van der Waals surface area contributed by atoms with Gasteiger partial charge in [0.1, 0.15) is 18.3 Å². The molecule has 0 saturated carbocycles. The summed E-state index contributed by atoms with van der Waals surface area (Å²) in [5.74, 6) is -0.765. The first kappa shape index (κ1) is 32.7. The second kappa shape index (κ2) is 13.9. The number of carbonyl (C=O) groups excluding carboxylic acids is 2. The molecule has 0 aliphatic heterocycles. The highest BCUT2D eigenvalue weighted by Crippen LogP contribution is 2.38. The van der Waals surface area contributed by atoms with E-state index in [0.717, 1.165) is 12.1 Å². The van der Waals surface area contributed by atoms with Gasteiger partial charge in [0.25, 0.3) is 10.0 Å². The first-order valence-electron chi connectivity index (χ1n) is 13.0. The second-order valence-corrected chi connectivity index (χ2v) is 11.4. The number of carbonyl (C=O) groups is 2. The van der Waals surface area contributed by atoms with Crippen LogP contribution in [-0.2, 0) is 32.3 Å². The molecule has 0 radical (unpaired) electrons. The molecule has 1 N–H and O–H groups in total. The number of alkyl halides is 3. The third-order valence-electron chi connectivity index (χ3n) is 6.38. The zero-order valence-corrected chi connectivity index (χ0v) is 24.8. The van der Waals surface area contributed by atoms with E-state index in [1.807, 2.05) is 0 Å². The van der Waals surface area contributed by atoms with Crippen LogP contribution in [0.4, 0.5) is 18.9 Å². The van der Waals surface area contributed by atoms with Gasteiger partial charge in [-0.3, -0.25) is 13.9 Å². The van der Waals surface area contributed by atoms with Crippen LogP contribution in [0.2, 0.25) is 5.02 Å². The standard InChI is InChI=1S/C29H31ClF3N3O5S/c1-4-26(28(38)34-5-2)35(18-20-10-9-11-22(16-20)41-3)27(37)19-36(42(39,40)23-12-7-6-8-13-23)21-14-15-25(30)24(17-21)29(31,32)33/h6-17,26H,4-5,18-19H2,1-3H3,(H,34,38). The van der Waals surface area contributed by atoms with Crippen molar-refractivity contribution in [1.29, 1.82) is 0 Å². The van der Waals surface area contributed by atoms with E-state index in [1.54, 1.807) is 44.2 Å². The average molecular weight is 626 g/mol. The summed E-state index contributed by atoms with van der Waals surface area (Å²) >= 11 is 5.80. The van der Waals surface area contributed by atoms with Crippen LogP contribution in [0.3, 0.4) is 0 Å². The minimum Gasteiger partial charge on any atom is -0.497 e. The number of methoxy groups -OCH3 is 1. The van der Waals surface area contributed by atoms with Crippen molar-refractivity contribution in [3.8, 4) is 5.75 Å². The summed E-state index contributed by atoms with van der Waals surface area (Å²) in [7, 11) is -3.08. The van der Waals surface area contributed by atoms with Crippen molar-refractivity contribution in [2.45, 2.75) is 43.9 Å². The van der Waals surface area contributed by atoms with Crippen LogP contribution in [0, 0.1) is 0 Å². The van der Waals surface area contributed by atoms with Gasteiger partial charge in [-0.25, -0.2) is 8.42 Å². The van der Waals surface area contributed by atoms with Crippen LogP contribution in [0.15, 0.2) is 77.7 Å². The largest absolute Gasteiger partial charge is 0.497 e. The summed E-state index contributed by atoms with van der Waals surface area (Å²) in [6.45, 7) is 2.70. The first-order valence-corrected chi connectivity index (χ1v) is 14.8. The quantitative estimate of drug-likeness (QED) is 0.287. The summed E-state index contributed by atoms with van der Waals surface area (Å²) in [4.78, 5) is 28.0. The lowest BCUT2D eigenvalue weighted by Gasteiger charge is -2.33. The fourth-order valence-electron chi connectivity index (χ4n) is 4.31. The van der Waals surface area contributed by atoms with Gasteiger partial charge in [0.15, 0.2) is 0 Å². The van der Waals surface area contributed by atoms with Crippen LogP contribution in [-0.4, -0.2) is 51.4 Å². The van der Waals surface area contributed by atoms with Gasteiger partial charge in [0.2, 0.25) is 11.8 Å². The average Bonchev–Trinajstić information content (AvgIpc) is 2.96. The van der Waals surface area contributed by atoms with E-state index in [1.165, 1.54) is 36.3 Å². The Morgan fingerprint density at radius 2 is 1.69 bits per heavy atom. The predicted molar refractivity (Wildman–Crippen MR) is 154 cm³/mol. The van der Waals surface area contributed by atoms with Crippen LogP contribution in [0.5, 0.6) is 5.75 Å². The van der Waals surface area contributed by atoms with Gasteiger partial charge in [-0.15, -0.1) is 0 Å². The summed E-state index contributed by atoms with van der Waals surface area (Å²) in [6, 6.07) is 15.4. The molecule has 3 aromatic rings. The zero-order valence-electron chi connectivity index (χ0n) is 23.2. The lowest BCUT2D eigenvalue weighted by atomic mass is 10.1. The number of benzene rings is 3.